The summed E-state index contributed by atoms with van der Waals surface area (Å²) < 4.78 is 26.5. The number of anilines is 1. The second kappa shape index (κ2) is 12.4. The first-order valence-corrected chi connectivity index (χ1v) is 14.0. The van der Waals surface area contributed by atoms with Crippen LogP contribution in [0.25, 0.3) is 0 Å². The average molecular weight is 522 g/mol. The topological polar surface area (TPSA) is 86.8 Å². The Labute approximate surface area is 214 Å². The highest BCUT2D eigenvalue weighted by Crippen LogP contribution is 2.26. The van der Waals surface area contributed by atoms with E-state index in [0.29, 0.717) is 22.7 Å². The maximum atomic E-state index is 13.7. The monoisotopic (exact) mass is 521 g/mol. The van der Waals surface area contributed by atoms with Crippen molar-refractivity contribution in [1.29, 1.82) is 0 Å². The molecule has 7 nitrogen and oxygen atoms in total. The maximum absolute atomic E-state index is 13.7. The fourth-order valence-electron chi connectivity index (χ4n) is 3.86. The highest BCUT2D eigenvalue weighted by molar-refractivity contribution is 7.92. The molecule has 2 amide bonds. The zero-order valence-corrected chi connectivity index (χ0v) is 22.9. The van der Waals surface area contributed by atoms with Gasteiger partial charge in [-0.05, 0) is 62.9 Å². The van der Waals surface area contributed by atoms with Crippen molar-refractivity contribution >= 4 is 39.1 Å². The number of carbonyl (C=O) groups is 2. The lowest BCUT2D eigenvalue weighted by atomic mass is 10.1. The van der Waals surface area contributed by atoms with Crippen molar-refractivity contribution in [3.8, 4) is 0 Å². The van der Waals surface area contributed by atoms with Gasteiger partial charge in [0.05, 0.1) is 11.9 Å². The second-order valence-electron chi connectivity index (χ2n) is 8.95. The summed E-state index contributed by atoms with van der Waals surface area (Å²) in [5.74, 6) is -0.714. The third kappa shape index (κ3) is 7.97. The standard InChI is InChI=1S/C26H36ClN3O4S/c1-7-20(5)28-26(32)23(8-2)29(16-21-11-9-10-18(3)14-21)25(31)17-30(35(6,33)34)24-13-12-22(27)15-19(24)4/h9-15,20,23H,7-8,16-17H2,1-6H3,(H,28,32). The molecule has 0 fully saturated rings. The lowest BCUT2D eigenvalue weighted by Gasteiger charge is -2.33. The van der Waals surface area contributed by atoms with E-state index in [1.807, 2.05) is 52.0 Å². The predicted molar refractivity (Wildman–Crippen MR) is 142 cm³/mol. The Morgan fingerprint density at radius 3 is 2.29 bits per heavy atom. The molecule has 0 radical (unpaired) electrons. The largest absolute Gasteiger partial charge is 0.352 e. The molecular formula is C26H36ClN3O4S. The van der Waals surface area contributed by atoms with E-state index in [9.17, 15) is 18.0 Å². The summed E-state index contributed by atoms with van der Waals surface area (Å²) in [6.45, 7) is 9.17. The Hall–Kier alpha value is -2.58. The van der Waals surface area contributed by atoms with Gasteiger partial charge >= 0.3 is 0 Å². The molecule has 0 aromatic heterocycles. The van der Waals surface area contributed by atoms with E-state index in [4.69, 9.17) is 11.6 Å². The molecule has 0 bridgehead atoms. The number of rotatable bonds is 11. The molecule has 0 aliphatic rings. The number of hydrogen-bond donors (Lipinski definition) is 1. The zero-order valence-electron chi connectivity index (χ0n) is 21.3. The van der Waals surface area contributed by atoms with E-state index in [2.05, 4.69) is 5.32 Å². The van der Waals surface area contributed by atoms with Gasteiger partial charge in [-0.1, -0.05) is 55.3 Å². The van der Waals surface area contributed by atoms with E-state index < -0.39 is 28.5 Å². The number of hydrogen-bond acceptors (Lipinski definition) is 4. The maximum Gasteiger partial charge on any atom is 0.244 e. The summed E-state index contributed by atoms with van der Waals surface area (Å²) in [6, 6.07) is 11.7. The van der Waals surface area contributed by atoms with Gasteiger partial charge in [0, 0.05) is 17.6 Å². The third-order valence-electron chi connectivity index (χ3n) is 5.93. The highest BCUT2D eigenvalue weighted by Gasteiger charge is 2.32. The Morgan fingerprint density at radius 2 is 1.74 bits per heavy atom. The van der Waals surface area contributed by atoms with Gasteiger partial charge in [0.15, 0.2) is 0 Å². The number of halogens is 1. The quantitative estimate of drug-likeness (QED) is 0.473. The summed E-state index contributed by atoms with van der Waals surface area (Å²) >= 11 is 6.06. The van der Waals surface area contributed by atoms with Gasteiger partial charge in [-0.2, -0.15) is 0 Å². The molecule has 0 saturated carbocycles. The Balaban J connectivity index is 2.47. The number of sulfonamides is 1. The van der Waals surface area contributed by atoms with Crippen LogP contribution in [-0.2, 0) is 26.2 Å². The van der Waals surface area contributed by atoms with Crippen molar-refractivity contribution in [1.82, 2.24) is 10.2 Å². The van der Waals surface area contributed by atoms with Crippen LogP contribution in [0.3, 0.4) is 0 Å². The Kier molecular flexibility index (Phi) is 10.2. The minimum atomic E-state index is -3.79. The number of benzene rings is 2. The van der Waals surface area contributed by atoms with E-state index in [1.165, 1.54) is 4.90 Å². The SMILES string of the molecule is CCC(C)NC(=O)C(CC)N(Cc1cccc(C)c1)C(=O)CN(c1ccc(Cl)cc1C)S(C)(=O)=O. The van der Waals surface area contributed by atoms with Crippen LogP contribution >= 0.6 is 11.6 Å². The van der Waals surface area contributed by atoms with Crippen LogP contribution in [0.15, 0.2) is 42.5 Å². The Morgan fingerprint density at radius 1 is 1.06 bits per heavy atom. The minimum absolute atomic E-state index is 0.0447. The summed E-state index contributed by atoms with van der Waals surface area (Å²) in [4.78, 5) is 28.3. The van der Waals surface area contributed by atoms with Gasteiger partial charge in [0.25, 0.3) is 0 Å². The fraction of sp³-hybridized carbons (Fsp3) is 0.462. The highest BCUT2D eigenvalue weighted by atomic mass is 35.5. The molecule has 2 aromatic carbocycles. The number of amides is 2. The summed E-state index contributed by atoms with van der Waals surface area (Å²) in [5, 5.41) is 3.44. The molecule has 0 aliphatic heterocycles. The van der Waals surface area contributed by atoms with Crippen molar-refractivity contribution in [3.63, 3.8) is 0 Å². The van der Waals surface area contributed by atoms with Gasteiger partial charge in [-0.3, -0.25) is 13.9 Å². The number of aryl methyl sites for hydroxylation is 2. The molecule has 1 N–H and O–H groups in total. The van der Waals surface area contributed by atoms with Gasteiger partial charge in [-0.25, -0.2) is 8.42 Å². The molecule has 0 aliphatic carbocycles. The predicted octanol–water partition coefficient (Wildman–Crippen LogP) is 4.44. The van der Waals surface area contributed by atoms with Crippen molar-refractivity contribution in [3.05, 3.63) is 64.2 Å². The third-order valence-corrected chi connectivity index (χ3v) is 7.29. The lowest BCUT2D eigenvalue weighted by Crippen LogP contribution is -2.53. The first kappa shape index (κ1) is 28.7. The van der Waals surface area contributed by atoms with Crippen molar-refractivity contribution in [2.45, 2.75) is 66.1 Å². The van der Waals surface area contributed by atoms with Crippen molar-refractivity contribution in [2.75, 3.05) is 17.1 Å². The summed E-state index contributed by atoms with van der Waals surface area (Å²) in [6.07, 6.45) is 2.20. The molecule has 2 rings (SSSR count). The van der Waals surface area contributed by atoms with Crippen LogP contribution in [-0.4, -0.2) is 50.0 Å². The van der Waals surface area contributed by atoms with Crippen LogP contribution in [0.1, 0.15) is 50.3 Å². The molecule has 192 valence electrons. The first-order chi connectivity index (χ1) is 16.4. The van der Waals surface area contributed by atoms with E-state index >= 15 is 0 Å². The number of carbonyl (C=O) groups excluding carboxylic acids is 2. The molecule has 0 saturated heterocycles. The Bertz CT molecular complexity index is 1150. The number of nitrogens with zero attached hydrogens (tertiary/aromatic N) is 2. The van der Waals surface area contributed by atoms with Gasteiger partial charge in [-0.15, -0.1) is 0 Å². The summed E-state index contributed by atoms with van der Waals surface area (Å²) in [5.41, 5.74) is 2.89. The lowest BCUT2D eigenvalue weighted by molar-refractivity contribution is -0.140. The van der Waals surface area contributed by atoms with Crippen LogP contribution in [0, 0.1) is 13.8 Å². The van der Waals surface area contributed by atoms with E-state index in [-0.39, 0.29) is 18.5 Å². The van der Waals surface area contributed by atoms with Crippen molar-refractivity contribution < 1.29 is 18.0 Å². The first-order valence-electron chi connectivity index (χ1n) is 11.8. The van der Waals surface area contributed by atoms with Crippen LogP contribution < -0.4 is 9.62 Å². The van der Waals surface area contributed by atoms with Crippen molar-refractivity contribution in [2.24, 2.45) is 0 Å². The van der Waals surface area contributed by atoms with Gasteiger partial charge in [0.1, 0.15) is 12.6 Å². The minimum Gasteiger partial charge on any atom is -0.352 e. The molecule has 2 atom stereocenters. The van der Waals surface area contributed by atoms with E-state index in [1.54, 1.807) is 25.1 Å². The van der Waals surface area contributed by atoms with Crippen LogP contribution in [0.5, 0.6) is 0 Å². The van der Waals surface area contributed by atoms with E-state index in [0.717, 1.165) is 28.1 Å². The van der Waals surface area contributed by atoms with Crippen LogP contribution in [0.4, 0.5) is 5.69 Å². The molecule has 2 aromatic rings. The molecule has 35 heavy (non-hydrogen) atoms. The smallest absolute Gasteiger partial charge is 0.244 e. The summed E-state index contributed by atoms with van der Waals surface area (Å²) in [7, 11) is -3.79. The normalized spacial score (nSPS) is 13.1. The fourth-order valence-corrected chi connectivity index (χ4v) is 5.00. The second-order valence-corrected chi connectivity index (χ2v) is 11.3. The molecule has 9 heteroatoms. The molecule has 2 unspecified atom stereocenters. The molecule has 0 spiro atoms. The van der Waals surface area contributed by atoms with Crippen LogP contribution in [0.2, 0.25) is 5.02 Å². The van der Waals surface area contributed by atoms with Gasteiger partial charge in [0.2, 0.25) is 21.8 Å². The molecule has 0 heterocycles. The zero-order chi connectivity index (χ0) is 26.3. The average Bonchev–Trinajstić information content (AvgIpc) is 2.76. The number of nitrogens with one attached hydrogen (secondary N) is 1. The molecular weight excluding hydrogens is 486 g/mol. The van der Waals surface area contributed by atoms with Gasteiger partial charge < -0.3 is 10.2 Å².